The highest BCUT2D eigenvalue weighted by Crippen LogP contribution is 2.54. The van der Waals surface area contributed by atoms with Gasteiger partial charge in [-0.15, -0.1) is 0 Å². The number of unbranched alkanes of at least 4 members (excludes halogenated alkanes) is 3. The maximum Gasteiger partial charge on any atom is 0.471 e. The summed E-state index contributed by atoms with van der Waals surface area (Å²) >= 11 is 0. The van der Waals surface area contributed by atoms with Crippen LogP contribution in [0.25, 0.3) is 11.2 Å². The average Bonchev–Trinajstić information content (AvgIpc) is 4.04. The number of rotatable bonds is 26. The lowest BCUT2D eigenvalue weighted by atomic mass is 9.64. The maximum absolute atomic E-state index is 13.9. The Kier molecular flexibility index (Phi) is 19.8. The quantitative estimate of drug-likeness (QED) is 0.0227. The number of hydrogen-bond donors (Lipinski definition) is 4. The van der Waals surface area contributed by atoms with E-state index in [2.05, 4.69) is 26.4 Å². The molecular formula is C55H65F3N9O8P. The molecule has 0 aliphatic carbocycles. The zero-order valence-corrected chi connectivity index (χ0v) is 44.3. The number of anilines is 2. The number of nitrogens with one attached hydrogen (secondary N) is 3. The van der Waals surface area contributed by atoms with Crippen LogP contribution >= 0.6 is 8.53 Å². The highest BCUT2D eigenvalue weighted by Gasteiger charge is 2.54. The summed E-state index contributed by atoms with van der Waals surface area (Å²) < 4.78 is 74.4. The van der Waals surface area contributed by atoms with Gasteiger partial charge in [-0.2, -0.15) is 18.4 Å². The molecule has 4 aromatic carbocycles. The van der Waals surface area contributed by atoms with Crippen LogP contribution in [0.2, 0.25) is 0 Å². The molecule has 4 N–H and O–H groups in total. The highest BCUT2D eigenvalue weighted by atomic mass is 31.2. The van der Waals surface area contributed by atoms with E-state index in [-0.39, 0.29) is 49.4 Å². The molecular weight excluding hydrogens is 1000 g/mol. The number of methoxy groups -OCH3 is 2. The lowest BCUT2D eigenvalue weighted by Gasteiger charge is -2.44. The SMILES string of the molecule is COc1ccc(C(c2ccccc2)(c2ccc(OC)cc2)C(O)[C@H]2O[C@@H](n3c(NCCCCCCNC(=O)C(F)(F)F)nc4c(NC(=O)c5ccccc5)ncnc43)C[C@@H]2OP(OCCC#N)N(C(C)C)C(C)C)cc1. The van der Waals surface area contributed by atoms with E-state index in [0.717, 1.165) is 5.56 Å². The van der Waals surface area contributed by atoms with Gasteiger partial charge in [-0.1, -0.05) is 85.6 Å². The van der Waals surface area contributed by atoms with E-state index in [1.165, 1.54) is 6.33 Å². The molecule has 2 amide bonds. The smallest absolute Gasteiger partial charge is 0.471 e. The number of aliphatic hydroxyl groups excluding tert-OH is 1. The summed E-state index contributed by atoms with van der Waals surface area (Å²) in [6, 6.07) is 35.4. The van der Waals surface area contributed by atoms with Crippen LogP contribution in [0.5, 0.6) is 11.5 Å². The van der Waals surface area contributed by atoms with Gasteiger partial charge in [0.25, 0.3) is 14.4 Å². The Morgan fingerprint density at radius 3 is 1.99 bits per heavy atom. The summed E-state index contributed by atoms with van der Waals surface area (Å²) in [7, 11) is 1.27. The van der Waals surface area contributed by atoms with E-state index in [1.54, 1.807) is 49.1 Å². The molecule has 404 valence electrons. The zero-order valence-electron chi connectivity index (χ0n) is 43.4. The van der Waals surface area contributed by atoms with Crippen LogP contribution in [-0.2, 0) is 24.0 Å². The Bertz CT molecular complexity index is 2800. The Balaban J connectivity index is 1.35. The second kappa shape index (κ2) is 26.4. The largest absolute Gasteiger partial charge is 0.497 e. The van der Waals surface area contributed by atoms with E-state index >= 15 is 0 Å². The van der Waals surface area contributed by atoms with Gasteiger partial charge in [0.1, 0.15) is 36.3 Å². The van der Waals surface area contributed by atoms with Crippen molar-refractivity contribution in [1.82, 2.24) is 29.5 Å². The van der Waals surface area contributed by atoms with E-state index in [9.17, 15) is 33.1 Å². The first kappa shape index (κ1) is 57.0. The normalized spacial score (nSPS) is 16.7. The lowest BCUT2D eigenvalue weighted by molar-refractivity contribution is -0.173. The minimum absolute atomic E-state index is 0.0649. The molecule has 76 heavy (non-hydrogen) atoms. The molecule has 2 aromatic heterocycles. The lowest BCUT2D eigenvalue weighted by Crippen LogP contribution is -2.52. The van der Waals surface area contributed by atoms with Gasteiger partial charge in [0, 0.05) is 37.2 Å². The van der Waals surface area contributed by atoms with Gasteiger partial charge in [-0.05, 0) is 93.6 Å². The summed E-state index contributed by atoms with van der Waals surface area (Å²) in [5.41, 5.74) is 1.73. The number of aromatic nitrogens is 4. The number of nitrogens with zero attached hydrogens (tertiary/aromatic N) is 6. The van der Waals surface area contributed by atoms with Crippen LogP contribution in [0, 0.1) is 11.3 Å². The first-order valence-corrected chi connectivity index (χ1v) is 26.4. The van der Waals surface area contributed by atoms with Crippen molar-refractivity contribution in [2.75, 3.05) is 44.5 Å². The topological polar surface area (TPSA) is 207 Å². The number of ether oxygens (including phenoxy) is 3. The van der Waals surface area contributed by atoms with Gasteiger partial charge in [0.05, 0.1) is 44.8 Å². The Labute approximate surface area is 442 Å². The summed E-state index contributed by atoms with van der Waals surface area (Å²) in [4.78, 5) is 39.1. The third-order valence-corrected chi connectivity index (χ3v) is 15.2. The number of fused-ring (bicyclic) bond motifs is 1. The minimum Gasteiger partial charge on any atom is -0.497 e. The summed E-state index contributed by atoms with van der Waals surface area (Å²) in [5, 5.41) is 31.7. The molecule has 1 saturated heterocycles. The number of alkyl halides is 3. The van der Waals surface area contributed by atoms with Gasteiger partial charge in [0.2, 0.25) is 5.95 Å². The summed E-state index contributed by atoms with van der Waals surface area (Å²) in [5.74, 6) is -0.758. The van der Waals surface area contributed by atoms with Crippen molar-refractivity contribution in [3.8, 4) is 17.6 Å². The average molecular weight is 1070 g/mol. The molecule has 0 spiro atoms. The molecule has 1 aliphatic rings. The van der Waals surface area contributed by atoms with E-state index in [4.69, 9.17) is 33.2 Å². The number of carbonyl (C=O) groups excluding carboxylic acids is 2. The van der Waals surface area contributed by atoms with Crippen LogP contribution < -0.4 is 25.4 Å². The molecule has 5 atom stereocenters. The van der Waals surface area contributed by atoms with Gasteiger partial charge < -0.3 is 44.3 Å². The van der Waals surface area contributed by atoms with Crippen molar-refractivity contribution in [2.45, 2.75) is 114 Å². The summed E-state index contributed by atoms with van der Waals surface area (Å²) in [6.07, 6.45) is -5.78. The zero-order chi connectivity index (χ0) is 54.4. The summed E-state index contributed by atoms with van der Waals surface area (Å²) in [6.45, 7) is 8.46. The predicted molar refractivity (Wildman–Crippen MR) is 283 cm³/mol. The Hall–Kier alpha value is -6.72. The van der Waals surface area contributed by atoms with Crippen LogP contribution in [-0.4, -0.2) is 112 Å². The predicted octanol–water partition coefficient (Wildman–Crippen LogP) is 10.1. The van der Waals surface area contributed by atoms with Crippen LogP contribution in [0.15, 0.2) is 116 Å². The molecule has 0 saturated carbocycles. The molecule has 1 aliphatic heterocycles. The first-order chi connectivity index (χ1) is 36.6. The van der Waals surface area contributed by atoms with Crippen molar-refractivity contribution in [3.63, 3.8) is 0 Å². The Morgan fingerprint density at radius 2 is 1.42 bits per heavy atom. The maximum atomic E-state index is 13.9. The third kappa shape index (κ3) is 13.3. The number of nitriles is 1. The number of amides is 2. The number of imidazole rings is 1. The molecule has 7 rings (SSSR count). The van der Waals surface area contributed by atoms with Crippen molar-refractivity contribution in [2.24, 2.45) is 0 Å². The molecule has 1 fully saturated rings. The molecule has 2 unspecified atom stereocenters. The molecule has 3 heterocycles. The Morgan fingerprint density at radius 1 is 0.842 bits per heavy atom. The minimum atomic E-state index is -4.95. The monoisotopic (exact) mass is 1070 g/mol. The number of carbonyl (C=O) groups is 2. The molecule has 0 radical (unpaired) electrons. The third-order valence-electron chi connectivity index (χ3n) is 13.0. The van der Waals surface area contributed by atoms with E-state index < -0.39 is 56.5 Å². The van der Waals surface area contributed by atoms with Crippen LogP contribution in [0.1, 0.15) is 99.5 Å². The van der Waals surface area contributed by atoms with Gasteiger partial charge in [-0.3, -0.25) is 14.2 Å². The molecule has 0 bridgehead atoms. The van der Waals surface area contributed by atoms with E-state index in [1.807, 2.05) is 112 Å². The van der Waals surface area contributed by atoms with Crippen LogP contribution in [0.3, 0.4) is 0 Å². The van der Waals surface area contributed by atoms with Crippen molar-refractivity contribution >= 4 is 43.3 Å². The number of halogens is 3. The fourth-order valence-electron chi connectivity index (χ4n) is 9.56. The van der Waals surface area contributed by atoms with Gasteiger partial charge in [-0.25, -0.2) is 19.6 Å². The van der Waals surface area contributed by atoms with Crippen molar-refractivity contribution < 1.29 is 51.1 Å². The number of benzene rings is 4. The van der Waals surface area contributed by atoms with E-state index in [0.29, 0.717) is 72.0 Å². The van der Waals surface area contributed by atoms with Gasteiger partial charge >= 0.3 is 12.1 Å². The molecule has 17 nitrogen and oxygen atoms in total. The number of hydrogen-bond acceptors (Lipinski definition) is 14. The fourth-order valence-corrected chi connectivity index (χ4v) is 11.3. The second-order valence-electron chi connectivity index (χ2n) is 18.7. The first-order valence-electron chi connectivity index (χ1n) is 25.2. The van der Waals surface area contributed by atoms with Crippen molar-refractivity contribution in [1.29, 1.82) is 5.26 Å². The second-order valence-corrected chi connectivity index (χ2v) is 20.1. The fraction of sp³-hybridized carbons (Fsp3) is 0.418. The molecule has 21 heteroatoms. The van der Waals surface area contributed by atoms with Crippen LogP contribution in [0.4, 0.5) is 24.9 Å². The van der Waals surface area contributed by atoms with Gasteiger partial charge in [0.15, 0.2) is 17.0 Å². The number of aliphatic hydroxyl groups is 1. The molecule has 6 aromatic rings. The standard InChI is InChI=1S/C55H65F3N9O8P/c1-36(2)67(37(3)4)76(73-33-17-30-59)75-44-34-45(74-47(44)48(68)54(39-20-13-10-14-21-39,40-22-26-42(71-5)27-23-40)41-24-28-43(72-6)29-25-41)66-50-46(49(62-35-63-50)65-51(69)38-18-11-9-12-19-38)64-53(66)61-32-16-8-7-15-31-60-52(70)55(56,57)58/h9-14,18-29,35-37,44-45,47-48,68H,7-8,15-17,31-34H2,1-6H3,(H,60,70)(H,61,64)(H,62,63,65,69)/t44-,45+,47-,48?,76?/m0/s1. The highest BCUT2D eigenvalue weighted by molar-refractivity contribution is 7.44. The van der Waals surface area contributed by atoms with Crippen molar-refractivity contribution in [3.05, 3.63) is 138 Å².